The molecule has 2 aromatic rings. The van der Waals surface area contributed by atoms with Crippen LogP contribution in [0.15, 0.2) is 29.3 Å². The lowest BCUT2D eigenvalue weighted by atomic mass is 10.2. The highest BCUT2D eigenvalue weighted by Crippen LogP contribution is 2.17. The van der Waals surface area contributed by atoms with Crippen molar-refractivity contribution in [3.05, 3.63) is 41.7 Å². The highest BCUT2D eigenvalue weighted by atomic mass is 127. The fourth-order valence-electron chi connectivity index (χ4n) is 2.92. The lowest BCUT2D eigenvalue weighted by Crippen LogP contribution is -2.52. The Bertz CT molecular complexity index is 736. The first kappa shape index (κ1) is 20.4. The van der Waals surface area contributed by atoms with Crippen molar-refractivity contribution in [2.45, 2.75) is 13.5 Å². The van der Waals surface area contributed by atoms with Gasteiger partial charge in [-0.3, -0.25) is 4.99 Å². The Balaban J connectivity index is 0.00000243. The highest BCUT2D eigenvalue weighted by Gasteiger charge is 2.20. The molecule has 1 aliphatic heterocycles. The van der Waals surface area contributed by atoms with Crippen molar-refractivity contribution in [1.82, 2.24) is 25.0 Å². The van der Waals surface area contributed by atoms with Gasteiger partial charge in [0.25, 0.3) is 0 Å². The molecule has 1 N–H and O–H groups in total. The predicted molar refractivity (Wildman–Crippen MR) is 112 cm³/mol. The molecule has 0 spiro atoms. The van der Waals surface area contributed by atoms with E-state index < -0.39 is 0 Å². The zero-order valence-corrected chi connectivity index (χ0v) is 17.6. The van der Waals surface area contributed by atoms with Gasteiger partial charge in [0.05, 0.1) is 6.54 Å². The summed E-state index contributed by atoms with van der Waals surface area (Å²) in [5.41, 5.74) is 1.05. The molecule has 9 heteroatoms. The topological polar surface area (TPSA) is 61.6 Å². The van der Waals surface area contributed by atoms with E-state index in [-0.39, 0.29) is 29.8 Å². The summed E-state index contributed by atoms with van der Waals surface area (Å²) < 4.78 is 15.0. The molecule has 1 aromatic heterocycles. The maximum atomic E-state index is 13.1. The minimum absolute atomic E-state index is 0. The number of anilines is 1. The molecule has 3 rings (SSSR count). The summed E-state index contributed by atoms with van der Waals surface area (Å²) in [6.07, 6.45) is 0. The van der Waals surface area contributed by atoms with Crippen LogP contribution in [0.1, 0.15) is 11.6 Å². The molecule has 1 saturated heterocycles. The molecular weight excluding hydrogens is 448 g/mol. The van der Waals surface area contributed by atoms with E-state index in [0.29, 0.717) is 6.54 Å². The maximum absolute atomic E-state index is 13.1. The van der Waals surface area contributed by atoms with Gasteiger partial charge in [0.2, 0.25) is 0 Å². The van der Waals surface area contributed by atoms with Crippen LogP contribution < -0.4 is 10.2 Å². The number of rotatable bonds is 3. The number of aryl methyl sites for hydroxylation is 1. The SMILES string of the molecule is CN=C(NCc1nnc(C)n1C)N1CCN(c2ccc(F)cc2)CC1.I. The number of aromatic nitrogens is 3. The van der Waals surface area contributed by atoms with Crippen LogP contribution >= 0.6 is 24.0 Å². The minimum atomic E-state index is -0.203. The third kappa shape index (κ3) is 4.63. The molecule has 0 saturated carbocycles. The largest absolute Gasteiger partial charge is 0.368 e. The Kier molecular flexibility index (Phi) is 7.18. The van der Waals surface area contributed by atoms with Gasteiger partial charge in [0.1, 0.15) is 11.6 Å². The van der Waals surface area contributed by atoms with Gasteiger partial charge in [-0.05, 0) is 31.2 Å². The van der Waals surface area contributed by atoms with E-state index in [1.807, 2.05) is 30.7 Å². The van der Waals surface area contributed by atoms with Crippen molar-refractivity contribution in [2.24, 2.45) is 12.0 Å². The zero-order valence-electron chi connectivity index (χ0n) is 15.3. The summed E-state index contributed by atoms with van der Waals surface area (Å²) in [6, 6.07) is 6.67. The van der Waals surface area contributed by atoms with Crippen molar-refractivity contribution in [2.75, 3.05) is 38.1 Å². The number of guanidine groups is 1. The fraction of sp³-hybridized carbons (Fsp3) is 0.471. The molecule has 0 aliphatic carbocycles. The van der Waals surface area contributed by atoms with Gasteiger partial charge in [0.15, 0.2) is 11.8 Å². The van der Waals surface area contributed by atoms with Gasteiger partial charge in [0, 0.05) is 46.0 Å². The molecule has 0 radical (unpaired) electrons. The second kappa shape index (κ2) is 9.15. The number of nitrogens with one attached hydrogen (secondary N) is 1. The standard InChI is InChI=1S/C17H24FN7.HI/c1-13-21-22-16(23(13)3)12-20-17(19-2)25-10-8-24(9-11-25)15-6-4-14(18)5-7-15;/h4-7H,8-12H2,1-3H3,(H,19,20);1H. The Morgan fingerprint density at radius 3 is 2.35 bits per heavy atom. The molecule has 1 fully saturated rings. The Hall–Kier alpha value is -1.91. The monoisotopic (exact) mass is 473 g/mol. The summed E-state index contributed by atoms with van der Waals surface area (Å²) in [7, 11) is 3.74. The van der Waals surface area contributed by atoms with E-state index in [1.165, 1.54) is 12.1 Å². The molecule has 26 heavy (non-hydrogen) atoms. The van der Waals surface area contributed by atoms with E-state index in [1.54, 1.807) is 7.05 Å². The second-order valence-electron chi connectivity index (χ2n) is 6.07. The van der Waals surface area contributed by atoms with Crippen molar-refractivity contribution in [3.8, 4) is 0 Å². The molecule has 1 aliphatic rings. The first-order valence-electron chi connectivity index (χ1n) is 8.39. The average molecular weight is 473 g/mol. The summed E-state index contributed by atoms with van der Waals surface area (Å²) in [4.78, 5) is 8.86. The maximum Gasteiger partial charge on any atom is 0.194 e. The van der Waals surface area contributed by atoms with Crippen LogP contribution in [0.3, 0.4) is 0 Å². The molecule has 0 atom stereocenters. The third-order valence-electron chi connectivity index (χ3n) is 4.57. The van der Waals surface area contributed by atoms with Crippen molar-refractivity contribution in [1.29, 1.82) is 0 Å². The molecule has 142 valence electrons. The van der Waals surface area contributed by atoms with Gasteiger partial charge in [-0.25, -0.2) is 4.39 Å². The second-order valence-corrected chi connectivity index (χ2v) is 6.07. The Morgan fingerprint density at radius 1 is 1.15 bits per heavy atom. The van der Waals surface area contributed by atoms with Crippen LogP contribution in [-0.2, 0) is 13.6 Å². The lowest BCUT2D eigenvalue weighted by Gasteiger charge is -2.37. The van der Waals surface area contributed by atoms with Crippen LogP contribution in [0, 0.1) is 12.7 Å². The Labute approximate surface area is 170 Å². The summed E-state index contributed by atoms with van der Waals surface area (Å²) in [6.45, 7) is 5.97. The number of hydrogen-bond acceptors (Lipinski definition) is 4. The summed E-state index contributed by atoms with van der Waals surface area (Å²) >= 11 is 0. The van der Waals surface area contributed by atoms with E-state index in [9.17, 15) is 4.39 Å². The van der Waals surface area contributed by atoms with E-state index in [0.717, 1.165) is 49.5 Å². The first-order chi connectivity index (χ1) is 12.1. The first-order valence-corrected chi connectivity index (χ1v) is 8.39. The van der Waals surface area contributed by atoms with E-state index >= 15 is 0 Å². The normalized spacial score (nSPS) is 15.0. The van der Waals surface area contributed by atoms with Crippen molar-refractivity contribution >= 4 is 35.6 Å². The van der Waals surface area contributed by atoms with Gasteiger partial charge in [-0.2, -0.15) is 0 Å². The summed E-state index contributed by atoms with van der Waals surface area (Å²) in [5.74, 6) is 2.42. The number of hydrogen-bond donors (Lipinski definition) is 1. The molecule has 7 nitrogen and oxygen atoms in total. The third-order valence-corrected chi connectivity index (χ3v) is 4.57. The van der Waals surface area contributed by atoms with Crippen LogP contribution in [0.25, 0.3) is 0 Å². The fourth-order valence-corrected chi connectivity index (χ4v) is 2.92. The molecular formula is C17H25FIN7. The molecule has 2 heterocycles. The van der Waals surface area contributed by atoms with Crippen LogP contribution in [0.4, 0.5) is 10.1 Å². The number of benzene rings is 1. The predicted octanol–water partition coefficient (Wildman–Crippen LogP) is 1.78. The minimum Gasteiger partial charge on any atom is -0.368 e. The van der Waals surface area contributed by atoms with Gasteiger partial charge in [-0.15, -0.1) is 34.2 Å². The highest BCUT2D eigenvalue weighted by molar-refractivity contribution is 14.0. The zero-order chi connectivity index (χ0) is 17.8. The van der Waals surface area contributed by atoms with Gasteiger partial charge in [-0.1, -0.05) is 0 Å². The number of nitrogens with zero attached hydrogens (tertiary/aromatic N) is 6. The quantitative estimate of drug-likeness (QED) is 0.419. The molecule has 1 aromatic carbocycles. The smallest absolute Gasteiger partial charge is 0.194 e. The van der Waals surface area contributed by atoms with Crippen LogP contribution in [0.2, 0.25) is 0 Å². The van der Waals surface area contributed by atoms with Crippen LogP contribution in [0.5, 0.6) is 0 Å². The number of piperazine rings is 1. The van der Waals surface area contributed by atoms with Crippen molar-refractivity contribution in [3.63, 3.8) is 0 Å². The van der Waals surface area contributed by atoms with Crippen LogP contribution in [-0.4, -0.2) is 58.9 Å². The molecule has 0 bridgehead atoms. The molecule has 0 amide bonds. The number of halogens is 2. The van der Waals surface area contributed by atoms with E-state index in [2.05, 4.69) is 30.3 Å². The van der Waals surface area contributed by atoms with Gasteiger partial charge < -0.3 is 19.7 Å². The molecule has 0 unspecified atom stereocenters. The van der Waals surface area contributed by atoms with Gasteiger partial charge >= 0.3 is 0 Å². The average Bonchev–Trinajstić information content (AvgIpc) is 2.95. The number of aliphatic imine (C=N–C) groups is 1. The van der Waals surface area contributed by atoms with Crippen molar-refractivity contribution < 1.29 is 4.39 Å². The lowest BCUT2D eigenvalue weighted by molar-refractivity contribution is 0.371. The van der Waals surface area contributed by atoms with E-state index in [4.69, 9.17) is 0 Å². The summed E-state index contributed by atoms with van der Waals surface area (Å²) in [5, 5.41) is 11.6. The Morgan fingerprint density at radius 2 is 1.81 bits per heavy atom.